The fourth-order valence-electron chi connectivity index (χ4n) is 3.46. The fourth-order valence-corrected chi connectivity index (χ4v) is 3.46. The van der Waals surface area contributed by atoms with Crippen LogP contribution in [0.3, 0.4) is 0 Å². The maximum Gasteiger partial charge on any atom is 0.430 e. The maximum atomic E-state index is 13.3. The summed E-state index contributed by atoms with van der Waals surface area (Å²) >= 11 is 0. The number of benzene rings is 2. The molecule has 0 saturated carbocycles. The largest absolute Gasteiger partial charge is 0.430 e. The molecule has 3 aromatic rings. The summed E-state index contributed by atoms with van der Waals surface area (Å²) in [4.78, 5) is 12.9. The van der Waals surface area contributed by atoms with Crippen molar-refractivity contribution in [2.45, 2.75) is 44.3 Å². The summed E-state index contributed by atoms with van der Waals surface area (Å²) in [5.74, 6) is 0. The first-order chi connectivity index (χ1) is 13.8. The summed E-state index contributed by atoms with van der Waals surface area (Å²) in [7, 11) is 0. The summed E-state index contributed by atoms with van der Waals surface area (Å²) in [6.07, 6.45) is -10.7. The van der Waals surface area contributed by atoms with Crippen molar-refractivity contribution in [2.75, 3.05) is 5.73 Å². The van der Waals surface area contributed by atoms with Crippen LogP contribution in [0.25, 0.3) is 21.7 Å². The highest BCUT2D eigenvalue weighted by Crippen LogP contribution is 2.50. The number of unbranched alkanes of at least 4 members (excludes halogenated alkanes) is 1. The molecule has 0 fully saturated rings. The minimum absolute atomic E-state index is 0.0440. The van der Waals surface area contributed by atoms with Gasteiger partial charge in [0.25, 0.3) is 11.2 Å². The molecule has 0 bridgehead atoms. The van der Waals surface area contributed by atoms with Crippen molar-refractivity contribution in [3.05, 3.63) is 52.3 Å². The molecule has 0 saturated heterocycles. The van der Waals surface area contributed by atoms with Crippen LogP contribution in [0.5, 0.6) is 0 Å². The number of halogens is 6. The van der Waals surface area contributed by atoms with E-state index in [2.05, 4.69) is 0 Å². The van der Waals surface area contributed by atoms with Crippen LogP contribution in [0.2, 0.25) is 0 Å². The number of rotatable bonds is 4. The average Bonchev–Trinajstić information content (AvgIpc) is 2.65. The number of nitrogen functional groups attached to an aromatic ring is 1. The van der Waals surface area contributed by atoms with E-state index in [0.29, 0.717) is 25.0 Å². The predicted octanol–water partition coefficient (Wildman–Crippen LogP) is 4.85. The van der Waals surface area contributed by atoms with Crippen molar-refractivity contribution in [1.82, 2.24) is 4.57 Å². The van der Waals surface area contributed by atoms with Gasteiger partial charge in [-0.05, 0) is 42.1 Å². The molecule has 2 aromatic carbocycles. The highest BCUT2D eigenvalue weighted by atomic mass is 19.4. The Labute approximate surface area is 166 Å². The minimum atomic E-state index is -6.01. The van der Waals surface area contributed by atoms with Crippen molar-refractivity contribution < 1.29 is 31.4 Å². The summed E-state index contributed by atoms with van der Waals surface area (Å²) in [6, 6.07) is 6.27. The first-order valence-corrected chi connectivity index (χ1v) is 9.05. The lowest BCUT2D eigenvalue weighted by Gasteiger charge is -2.33. The van der Waals surface area contributed by atoms with E-state index in [9.17, 15) is 36.2 Å². The molecule has 0 aliphatic heterocycles. The number of hydrogen-bond donors (Lipinski definition) is 2. The highest BCUT2D eigenvalue weighted by Gasteiger charge is 2.71. The maximum absolute atomic E-state index is 13.3. The van der Waals surface area contributed by atoms with Gasteiger partial charge in [0.15, 0.2) is 0 Å². The number of fused-ring (bicyclic) bond motifs is 3. The van der Waals surface area contributed by atoms with Crippen molar-refractivity contribution >= 4 is 27.4 Å². The van der Waals surface area contributed by atoms with E-state index in [0.717, 1.165) is 6.07 Å². The zero-order valence-electron chi connectivity index (χ0n) is 15.7. The first kappa shape index (κ1) is 21.9. The van der Waals surface area contributed by atoms with Crippen LogP contribution in [0.4, 0.5) is 32.0 Å². The second-order valence-electron chi connectivity index (χ2n) is 7.05. The summed E-state index contributed by atoms with van der Waals surface area (Å²) in [6.45, 7) is 2.11. The molecule has 0 unspecified atom stereocenters. The number of aryl methyl sites for hydroxylation is 1. The third kappa shape index (κ3) is 3.28. The van der Waals surface area contributed by atoms with Crippen LogP contribution >= 0.6 is 0 Å². The zero-order chi connectivity index (χ0) is 22.5. The molecule has 3 rings (SSSR count). The Balaban J connectivity index is 2.46. The quantitative estimate of drug-likeness (QED) is 0.352. The van der Waals surface area contributed by atoms with E-state index in [-0.39, 0.29) is 33.9 Å². The van der Waals surface area contributed by atoms with Crippen LogP contribution in [-0.4, -0.2) is 22.0 Å². The lowest BCUT2D eigenvalue weighted by atomic mass is 9.90. The van der Waals surface area contributed by atoms with Gasteiger partial charge in [-0.25, -0.2) is 0 Å². The Bertz CT molecular complexity index is 1150. The molecule has 10 heteroatoms. The molecule has 0 aliphatic carbocycles. The normalized spacial score (nSPS) is 13.3. The minimum Gasteiger partial charge on any atom is -0.399 e. The van der Waals surface area contributed by atoms with Gasteiger partial charge in [0.1, 0.15) is 0 Å². The predicted molar refractivity (Wildman–Crippen MR) is 101 cm³/mol. The molecule has 0 amide bonds. The SMILES string of the molecule is CCCCn1c(=O)c2ccc(N)cc2c2cc(C(O)(C(F)(F)F)C(F)(F)F)ccc21. The van der Waals surface area contributed by atoms with E-state index < -0.39 is 29.1 Å². The van der Waals surface area contributed by atoms with Crippen LogP contribution in [-0.2, 0) is 12.1 Å². The molecule has 1 heterocycles. The Hall–Kier alpha value is -2.75. The first-order valence-electron chi connectivity index (χ1n) is 9.05. The molecule has 30 heavy (non-hydrogen) atoms. The molecule has 0 spiro atoms. The van der Waals surface area contributed by atoms with E-state index in [1.807, 2.05) is 6.92 Å². The monoisotopic (exact) mass is 432 g/mol. The van der Waals surface area contributed by atoms with Crippen LogP contribution < -0.4 is 11.3 Å². The molecular weight excluding hydrogens is 414 g/mol. The number of aromatic nitrogens is 1. The number of nitrogens with two attached hydrogens (primary N) is 1. The molecule has 0 radical (unpaired) electrons. The Morgan fingerprint density at radius 3 is 2.13 bits per heavy atom. The van der Waals surface area contributed by atoms with E-state index in [1.54, 1.807) is 0 Å². The fraction of sp³-hybridized carbons (Fsp3) is 0.350. The Kier molecular flexibility index (Phi) is 5.26. The number of hydrogen-bond acceptors (Lipinski definition) is 3. The third-order valence-electron chi connectivity index (χ3n) is 5.07. The van der Waals surface area contributed by atoms with Crippen molar-refractivity contribution in [3.8, 4) is 0 Å². The van der Waals surface area contributed by atoms with E-state index in [4.69, 9.17) is 5.73 Å². The van der Waals surface area contributed by atoms with Crippen LogP contribution in [0.1, 0.15) is 25.3 Å². The summed E-state index contributed by atoms with van der Waals surface area (Å²) in [5.41, 5.74) is -0.819. The second kappa shape index (κ2) is 7.19. The van der Waals surface area contributed by atoms with Crippen molar-refractivity contribution in [3.63, 3.8) is 0 Å². The van der Waals surface area contributed by atoms with Crippen molar-refractivity contribution in [2.24, 2.45) is 0 Å². The van der Waals surface area contributed by atoms with Gasteiger partial charge in [0, 0.05) is 28.6 Å². The van der Waals surface area contributed by atoms with Gasteiger partial charge in [-0.3, -0.25) is 4.79 Å². The zero-order valence-corrected chi connectivity index (χ0v) is 15.7. The van der Waals surface area contributed by atoms with Crippen LogP contribution in [0.15, 0.2) is 41.2 Å². The topological polar surface area (TPSA) is 68.2 Å². The smallest absolute Gasteiger partial charge is 0.399 e. The number of anilines is 1. The number of pyridine rings is 1. The van der Waals surface area contributed by atoms with Crippen LogP contribution in [0, 0.1) is 0 Å². The van der Waals surface area contributed by atoms with Gasteiger partial charge in [-0.2, -0.15) is 26.3 Å². The number of alkyl halides is 6. The second-order valence-corrected chi connectivity index (χ2v) is 7.05. The molecule has 162 valence electrons. The average molecular weight is 432 g/mol. The van der Waals surface area contributed by atoms with Gasteiger partial charge in [0.2, 0.25) is 0 Å². The molecule has 4 nitrogen and oxygen atoms in total. The van der Waals surface area contributed by atoms with E-state index in [1.165, 1.54) is 22.8 Å². The standard InChI is InChI=1S/C20H18F6N2O2/c1-2-3-8-28-16-7-4-11(18(30,19(21,22)23)20(24,25)26)9-15(16)14-10-12(27)5-6-13(14)17(28)29/h4-7,9-10,30H,2-3,8,27H2,1H3. The van der Waals surface area contributed by atoms with Crippen molar-refractivity contribution in [1.29, 1.82) is 0 Å². The van der Waals surface area contributed by atoms with Gasteiger partial charge >= 0.3 is 12.4 Å². The lowest BCUT2D eigenvalue weighted by Crippen LogP contribution is -2.53. The van der Waals surface area contributed by atoms with Gasteiger partial charge < -0.3 is 15.4 Å². The third-order valence-corrected chi connectivity index (χ3v) is 5.07. The van der Waals surface area contributed by atoms with Gasteiger partial charge in [0.05, 0.1) is 5.52 Å². The van der Waals surface area contributed by atoms with Gasteiger partial charge in [-0.1, -0.05) is 19.4 Å². The number of aliphatic hydroxyl groups is 1. The highest BCUT2D eigenvalue weighted by molar-refractivity contribution is 6.07. The lowest BCUT2D eigenvalue weighted by molar-refractivity contribution is -0.376. The molecule has 0 atom stereocenters. The number of nitrogens with zero attached hydrogens (tertiary/aromatic N) is 1. The van der Waals surface area contributed by atoms with E-state index >= 15 is 0 Å². The van der Waals surface area contributed by atoms with Gasteiger partial charge in [-0.15, -0.1) is 0 Å². The summed E-state index contributed by atoms with van der Waals surface area (Å²) < 4.78 is 81.3. The molecular formula is C20H18F6N2O2. The molecule has 0 aliphatic rings. The Morgan fingerprint density at radius 1 is 0.933 bits per heavy atom. The Morgan fingerprint density at radius 2 is 1.57 bits per heavy atom. The molecule has 1 aromatic heterocycles. The summed E-state index contributed by atoms with van der Waals surface area (Å²) in [5, 5.41) is 9.93. The molecule has 3 N–H and O–H groups in total.